The number of aryl methyl sites for hydroxylation is 1. The predicted octanol–water partition coefficient (Wildman–Crippen LogP) is 2.36. The molecule has 3 nitrogen and oxygen atoms in total. The molecular weight excluding hydrogens is 190 g/mol. The van der Waals surface area contributed by atoms with Crippen LogP contribution < -0.4 is 5.32 Å². The number of ether oxygens (including phenoxy) is 1. The molecule has 0 amide bonds. The van der Waals surface area contributed by atoms with Crippen LogP contribution in [0.2, 0.25) is 0 Å². The Bertz CT molecular complexity index is 270. The summed E-state index contributed by atoms with van der Waals surface area (Å²) in [4.78, 5) is 0. The Labute approximate surface area is 91.8 Å². The summed E-state index contributed by atoms with van der Waals surface area (Å²) in [5.41, 5.74) is 0. The van der Waals surface area contributed by atoms with Crippen molar-refractivity contribution in [2.45, 2.75) is 39.3 Å². The normalized spacial score (nSPS) is 13.0. The van der Waals surface area contributed by atoms with Gasteiger partial charge in [-0.05, 0) is 18.6 Å². The Morgan fingerprint density at radius 2 is 2.07 bits per heavy atom. The van der Waals surface area contributed by atoms with E-state index in [0.29, 0.717) is 6.04 Å². The molecule has 1 N–H and O–H groups in total. The lowest BCUT2D eigenvalue weighted by Gasteiger charge is -2.14. The second-order valence-corrected chi connectivity index (χ2v) is 3.66. The highest BCUT2D eigenvalue weighted by molar-refractivity contribution is 5.06. The van der Waals surface area contributed by atoms with Crippen molar-refractivity contribution in [1.82, 2.24) is 5.32 Å². The van der Waals surface area contributed by atoms with E-state index in [4.69, 9.17) is 9.15 Å². The standard InChI is InChI=1S/C12H21NO2/c1-4-10(9-14-3)13-8-12-7-6-11(5-2)15-12/h6-7,10,13H,4-5,8-9H2,1-3H3. The summed E-state index contributed by atoms with van der Waals surface area (Å²) in [5.74, 6) is 2.05. The van der Waals surface area contributed by atoms with E-state index in [-0.39, 0.29) is 0 Å². The van der Waals surface area contributed by atoms with Gasteiger partial charge >= 0.3 is 0 Å². The topological polar surface area (TPSA) is 34.4 Å². The van der Waals surface area contributed by atoms with Crippen molar-refractivity contribution >= 4 is 0 Å². The summed E-state index contributed by atoms with van der Waals surface area (Å²) in [6.07, 6.45) is 2.02. The van der Waals surface area contributed by atoms with Gasteiger partial charge in [-0.1, -0.05) is 13.8 Å². The first-order chi connectivity index (χ1) is 7.30. The van der Waals surface area contributed by atoms with Gasteiger partial charge in [0, 0.05) is 19.6 Å². The molecule has 0 aliphatic heterocycles. The van der Waals surface area contributed by atoms with Gasteiger partial charge in [0.1, 0.15) is 11.5 Å². The minimum atomic E-state index is 0.408. The maximum absolute atomic E-state index is 5.60. The highest BCUT2D eigenvalue weighted by Gasteiger charge is 2.06. The molecule has 1 unspecified atom stereocenters. The number of hydrogen-bond acceptors (Lipinski definition) is 3. The van der Waals surface area contributed by atoms with Gasteiger partial charge in [0.05, 0.1) is 13.2 Å². The Balaban J connectivity index is 2.34. The molecule has 0 radical (unpaired) electrons. The molecule has 1 rings (SSSR count). The zero-order chi connectivity index (χ0) is 11.1. The fourth-order valence-electron chi connectivity index (χ4n) is 1.47. The van der Waals surface area contributed by atoms with Crippen LogP contribution in [0.1, 0.15) is 31.8 Å². The molecule has 0 saturated heterocycles. The van der Waals surface area contributed by atoms with Crippen molar-refractivity contribution in [3.63, 3.8) is 0 Å². The molecule has 0 fully saturated rings. The van der Waals surface area contributed by atoms with E-state index in [1.807, 2.05) is 12.1 Å². The lowest BCUT2D eigenvalue weighted by molar-refractivity contribution is 0.162. The summed E-state index contributed by atoms with van der Waals surface area (Å²) in [7, 11) is 1.73. The van der Waals surface area contributed by atoms with E-state index >= 15 is 0 Å². The van der Waals surface area contributed by atoms with Crippen molar-refractivity contribution in [3.05, 3.63) is 23.7 Å². The second-order valence-electron chi connectivity index (χ2n) is 3.66. The highest BCUT2D eigenvalue weighted by Crippen LogP contribution is 2.08. The minimum absolute atomic E-state index is 0.408. The molecule has 0 aromatic carbocycles. The molecule has 0 saturated carbocycles. The molecule has 0 aliphatic rings. The molecule has 86 valence electrons. The fraction of sp³-hybridized carbons (Fsp3) is 0.667. The average molecular weight is 211 g/mol. The van der Waals surface area contributed by atoms with Crippen LogP contribution in [0.5, 0.6) is 0 Å². The third kappa shape index (κ3) is 4.06. The Kier molecular flexibility index (Phi) is 5.43. The van der Waals surface area contributed by atoms with Crippen molar-refractivity contribution in [2.24, 2.45) is 0 Å². The van der Waals surface area contributed by atoms with Crippen molar-refractivity contribution in [3.8, 4) is 0 Å². The van der Waals surface area contributed by atoms with Crippen LogP contribution in [0.15, 0.2) is 16.5 Å². The highest BCUT2D eigenvalue weighted by atomic mass is 16.5. The van der Waals surface area contributed by atoms with E-state index in [1.54, 1.807) is 7.11 Å². The van der Waals surface area contributed by atoms with Crippen LogP contribution in [-0.4, -0.2) is 19.8 Å². The summed E-state index contributed by atoms with van der Waals surface area (Å²) in [6, 6.07) is 4.48. The van der Waals surface area contributed by atoms with Crippen LogP contribution >= 0.6 is 0 Å². The summed E-state index contributed by atoms with van der Waals surface area (Å²) >= 11 is 0. The third-order valence-electron chi connectivity index (χ3n) is 2.49. The van der Waals surface area contributed by atoms with Crippen molar-refractivity contribution in [2.75, 3.05) is 13.7 Å². The van der Waals surface area contributed by atoms with Crippen molar-refractivity contribution in [1.29, 1.82) is 0 Å². The van der Waals surface area contributed by atoms with Gasteiger partial charge in [-0.15, -0.1) is 0 Å². The lowest BCUT2D eigenvalue weighted by Crippen LogP contribution is -2.31. The minimum Gasteiger partial charge on any atom is -0.465 e. The molecule has 0 bridgehead atoms. The zero-order valence-electron chi connectivity index (χ0n) is 9.88. The SMILES string of the molecule is CCc1ccc(CNC(CC)COC)o1. The molecule has 1 heterocycles. The first kappa shape index (κ1) is 12.3. The summed E-state index contributed by atoms with van der Waals surface area (Å²) in [6.45, 7) is 5.77. The summed E-state index contributed by atoms with van der Waals surface area (Å²) < 4.78 is 10.7. The van der Waals surface area contributed by atoms with Gasteiger partial charge < -0.3 is 14.5 Å². The first-order valence-corrected chi connectivity index (χ1v) is 5.60. The number of nitrogens with one attached hydrogen (secondary N) is 1. The molecule has 3 heteroatoms. The van der Waals surface area contributed by atoms with E-state index < -0.39 is 0 Å². The monoisotopic (exact) mass is 211 g/mol. The Hall–Kier alpha value is -0.800. The van der Waals surface area contributed by atoms with E-state index in [0.717, 1.165) is 37.5 Å². The predicted molar refractivity (Wildman–Crippen MR) is 60.9 cm³/mol. The Morgan fingerprint density at radius 3 is 2.60 bits per heavy atom. The average Bonchev–Trinajstić information content (AvgIpc) is 2.72. The third-order valence-corrected chi connectivity index (χ3v) is 2.49. The molecule has 1 aromatic rings. The van der Waals surface area contributed by atoms with Gasteiger partial charge in [0.15, 0.2) is 0 Å². The number of methoxy groups -OCH3 is 1. The first-order valence-electron chi connectivity index (χ1n) is 5.60. The number of rotatable bonds is 7. The molecule has 1 atom stereocenters. The summed E-state index contributed by atoms with van der Waals surface area (Å²) in [5, 5.41) is 3.41. The van der Waals surface area contributed by atoms with Gasteiger partial charge in [0.2, 0.25) is 0 Å². The smallest absolute Gasteiger partial charge is 0.117 e. The largest absolute Gasteiger partial charge is 0.465 e. The molecule has 1 aromatic heterocycles. The van der Waals surface area contributed by atoms with Crippen LogP contribution in [0.25, 0.3) is 0 Å². The van der Waals surface area contributed by atoms with Crippen LogP contribution in [0.4, 0.5) is 0 Å². The Morgan fingerprint density at radius 1 is 1.33 bits per heavy atom. The van der Waals surface area contributed by atoms with Crippen LogP contribution in [0.3, 0.4) is 0 Å². The fourth-order valence-corrected chi connectivity index (χ4v) is 1.47. The zero-order valence-corrected chi connectivity index (χ0v) is 9.88. The van der Waals surface area contributed by atoms with Crippen LogP contribution in [0, 0.1) is 0 Å². The number of furan rings is 1. The van der Waals surface area contributed by atoms with Crippen LogP contribution in [-0.2, 0) is 17.7 Å². The van der Waals surface area contributed by atoms with Gasteiger partial charge in [-0.3, -0.25) is 0 Å². The van der Waals surface area contributed by atoms with E-state index in [2.05, 4.69) is 19.2 Å². The maximum atomic E-state index is 5.60. The molecule has 0 aliphatic carbocycles. The quantitative estimate of drug-likeness (QED) is 0.751. The van der Waals surface area contributed by atoms with Gasteiger partial charge in [-0.25, -0.2) is 0 Å². The van der Waals surface area contributed by atoms with Gasteiger partial charge in [-0.2, -0.15) is 0 Å². The van der Waals surface area contributed by atoms with E-state index in [1.165, 1.54) is 0 Å². The molecule has 0 spiro atoms. The number of hydrogen-bond donors (Lipinski definition) is 1. The molecular formula is C12H21NO2. The van der Waals surface area contributed by atoms with E-state index in [9.17, 15) is 0 Å². The molecule has 15 heavy (non-hydrogen) atoms. The maximum Gasteiger partial charge on any atom is 0.117 e. The van der Waals surface area contributed by atoms with Crippen molar-refractivity contribution < 1.29 is 9.15 Å². The second kappa shape index (κ2) is 6.64. The van der Waals surface area contributed by atoms with Gasteiger partial charge in [0.25, 0.3) is 0 Å². The lowest BCUT2D eigenvalue weighted by atomic mass is 10.2.